The molecule has 2 atom stereocenters. The number of amides is 1. The average molecular weight is 427 g/mol. The lowest BCUT2D eigenvalue weighted by atomic mass is 10.1. The van der Waals surface area contributed by atoms with Crippen LogP contribution in [0.2, 0.25) is 0 Å². The van der Waals surface area contributed by atoms with Gasteiger partial charge in [-0.2, -0.15) is 0 Å². The molecule has 1 rings (SSSR count). The van der Waals surface area contributed by atoms with Crippen molar-refractivity contribution in [2.45, 2.75) is 64.8 Å². The maximum absolute atomic E-state index is 12.3. The van der Waals surface area contributed by atoms with Crippen molar-refractivity contribution >= 4 is 28.7 Å². The summed E-state index contributed by atoms with van der Waals surface area (Å²) in [6, 6.07) is 0. The van der Waals surface area contributed by atoms with Gasteiger partial charge in [0.1, 0.15) is 5.60 Å². The van der Waals surface area contributed by atoms with Gasteiger partial charge < -0.3 is 19.1 Å². The molecule has 1 aliphatic rings. The van der Waals surface area contributed by atoms with E-state index in [-0.39, 0.29) is 17.8 Å². The fraction of sp³-hybridized carbons (Fsp3) is 0.938. The van der Waals surface area contributed by atoms with Gasteiger partial charge in [0.05, 0.1) is 24.9 Å². The highest BCUT2D eigenvalue weighted by atomic mass is 127. The molecule has 0 bridgehead atoms. The van der Waals surface area contributed by atoms with E-state index in [0.717, 1.165) is 23.9 Å². The molecule has 130 valence electrons. The molecule has 0 radical (unpaired) electrons. The fourth-order valence-electron chi connectivity index (χ4n) is 2.23. The first kappa shape index (κ1) is 20.0. The quantitative estimate of drug-likeness (QED) is 0.460. The lowest BCUT2D eigenvalue weighted by molar-refractivity contribution is -0.0750. The van der Waals surface area contributed by atoms with E-state index < -0.39 is 5.60 Å². The van der Waals surface area contributed by atoms with Crippen LogP contribution in [0, 0.1) is 0 Å². The number of alkyl halides is 1. The van der Waals surface area contributed by atoms with Crippen LogP contribution in [0.3, 0.4) is 0 Å². The van der Waals surface area contributed by atoms with Crippen molar-refractivity contribution in [1.29, 1.82) is 0 Å². The number of carbonyl (C=O) groups is 1. The molecule has 0 aromatic carbocycles. The van der Waals surface area contributed by atoms with Gasteiger partial charge in [-0.05, 0) is 47.5 Å². The van der Waals surface area contributed by atoms with Gasteiger partial charge in [-0.15, -0.1) is 0 Å². The number of nitrogens with zero attached hydrogens (tertiary/aromatic N) is 1. The molecule has 1 aliphatic heterocycles. The van der Waals surface area contributed by atoms with Crippen molar-refractivity contribution in [1.82, 2.24) is 4.90 Å². The Morgan fingerprint density at radius 1 is 1.36 bits per heavy atom. The van der Waals surface area contributed by atoms with Gasteiger partial charge in [-0.1, -0.05) is 22.6 Å². The van der Waals surface area contributed by atoms with Crippen LogP contribution in [0.25, 0.3) is 0 Å². The van der Waals surface area contributed by atoms with Crippen LogP contribution in [0.1, 0.15) is 47.5 Å². The summed E-state index contributed by atoms with van der Waals surface area (Å²) in [5, 5.41) is 0. The third-order valence-corrected chi connectivity index (χ3v) is 5.10. The maximum Gasteiger partial charge on any atom is 0.410 e. The molecular weight excluding hydrogens is 397 g/mol. The van der Waals surface area contributed by atoms with E-state index in [1.807, 2.05) is 34.6 Å². The number of halogens is 1. The highest BCUT2D eigenvalue weighted by Crippen LogP contribution is 2.21. The monoisotopic (exact) mass is 427 g/mol. The van der Waals surface area contributed by atoms with Crippen molar-refractivity contribution in [3.63, 3.8) is 0 Å². The van der Waals surface area contributed by atoms with Gasteiger partial charge in [0.2, 0.25) is 0 Å². The van der Waals surface area contributed by atoms with E-state index in [1.165, 1.54) is 0 Å². The molecule has 1 fully saturated rings. The summed E-state index contributed by atoms with van der Waals surface area (Å²) < 4.78 is 18.0. The normalized spacial score (nSPS) is 21.5. The average Bonchev–Trinajstić information content (AvgIpc) is 2.94. The Balaban J connectivity index is 2.57. The van der Waals surface area contributed by atoms with Crippen LogP contribution in [0.4, 0.5) is 4.79 Å². The second-order valence-electron chi connectivity index (χ2n) is 7.02. The second kappa shape index (κ2) is 8.68. The molecule has 0 saturated carbocycles. The number of hydrogen-bond donors (Lipinski definition) is 0. The molecule has 5 nitrogen and oxygen atoms in total. The van der Waals surface area contributed by atoms with E-state index in [2.05, 4.69) is 22.6 Å². The summed E-state index contributed by atoms with van der Waals surface area (Å²) in [6.45, 7) is 12.2. The summed E-state index contributed by atoms with van der Waals surface area (Å²) in [5.74, 6) is 0. The number of rotatable bonds is 7. The summed E-state index contributed by atoms with van der Waals surface area (Å²) >= 11 is 2.31. The maximum atomic E-state index is 12.3. The Morgan fingerprint density at radius 2 is 2.05 bits per heavy atom. The fourth-order valence-corrected chi connectivity index (χ4v) is 2.69. The van der Waals surface area contributed by atoms with Gasteiger partial charge in [-0.3, -0.25) is 0 Å². The minimum Gasteiger partial charge on any atom is -0.444 e. The number of likely N-dealkylation sites (N-methyl/N-ethyl adjacent to an activating group) is 1. The van der Waals surface area contributed by atoms with E-state index in [4.69, 9.17) is 14.2 Å². The van der Waals surface area contributed by atoms with Gasteiger partial charge in [0.25, 0.3) is 0 Å². The van der Waals surface area contributed by atoms with Gasteiger partial charge in [0.15, 0.2) is 0 Å². The van der Waals surface area contributed by atoms with Crippen molar-refractivity contribution in [2.75, 3.05) is 30.7 Å². The standard InChI is InChI=1S/C16H30INO4/c1-6-18(14(19)22-15(2,3)4)12-16(5,11-17)21-10-13-8-7-9-20-13/h13H,6-12H2,1-5H3. The molecule has 0 aromatic heterocycles. The predicted octanol–water partition coefficient (Wildman–Crippen LogP) is 3.63. The van der Waals surface area contributed by atoms with Crippen molar-refractivity contribution in [3.8, 4) is 0 Å². The Bertz CT molecular complexity index is 353. The minimum atomic E-state index is -0.482. The van der Waals surface area contributed by atoms with Crippen molar-refractivity contribution in [2.24, 2.45) is 0 Å². The highest BCUT2D eigenvalue weighted by molar-refractivity contribution is 14.1. The first-order chi connectivity index (χ1) is 10.2. The molecule has 2 unspecified atom stereocenters. The summed E-state index contributed by atoms with van der Waals surface area (Å²) in [5.41, 5.74) is -0.872. The summed E-state index contributed by atoms with van der Waals surface area (Å²) in [7, 11) is 0. The third kappa shape index (κ3) is 7.00. The summed E-state index contributed by atoms with van der Waals surface area (Å²) in [6.07, 6.45) is 2.07. The molecule has 0 N–H and O–H groups in total. The third-order valence-electron chi connectivity index (χ3n) is 3.48. The van der Waals surface area contributed by atoms with Crippen LogP contribution >= 0.6 is 22.6 Å². The van der Waals surface area contributed by atoms with Crippen LogP contribution in [0.5, 0.6) is 0 Å². The Kier molecular flexibility index (Phi) is 7.88. The van der Waals surface area contributed by atoms with Crippen molar-refractivity contribution in [3.05, 3.63) is 0 Å². The molecule has 0 aromatic rings. The summed E-state index contributed by atoms with van der Waals surface area (Å²) in [4.78, 5) is 14.0. The van der Waals surface area contributed by atoms with Gasteiger partial charge in [-0.25, -0.2) is 4.79 Å². The molecule has 0 aliphatic carbocycles. The van der Waals surface area contributed by atoms with Crippen LogP contribution < -0.4 is 0 Å². The Morgan fingerprint density at radius 3 is 2.50 bits per heavy atom. The highest BCUT2D eigenvalue weighted by Gasteiger charge is 2.32. The van der Waals surface area contributed by atoms with E-state index >= 15 is 0 Å². The number of carbonyl (C=O) groups excluding carboxylic acids is 1. The smallest absolute Gasteiger partial charge is 0.410 e. The van der Waals surface area contributed by atoms with Crippen LogP contribution in [-0.4, -0.2) is 59.0 Å². The van der Waals surface area contributed by atoms with E-state index in [9.17, 15) is 4.79 Å². The zero-order valence-corrected chi connectivity index (χ0v) is 16.6. The largest absolute Gasteiger partial charge is 0.444 e. The zero-order chi connectivity index (χ0) is 16.8. The Labute approximate surface area is 148 Å². The molecule has 22 heavy (non-hydrogen) atoms. The van der Waals surface area contributed by atoms with E-state index in [1.54, 1.807) is 4.90 Å². The minimum absolute atomic E-state index is 0.193. The predicted molar refractivity (Wildman–Crippen MR) is 95.7 cm³/mol. The number of ether oxygens (including phenoxy) is 3. The van der Waals surface area contributed by atoms with Gasteiger partial charge in [0, 0.05) is 17.6 Å². The SMILES string of the molecule is CCN(CC(C)(CI)OCC1CCCO1)C(=O)OC(C)(C)C. The Hall–Kier alpha value is -0.0800. The molecule has 1 saturated heterocycles. The number of hydrogen-bond acceptors (Lipinski definition) is 4. The van der Waals surface area contributed by atoms with Crippen LogP contribution in [-0.2, 0) is 14.2 Å². The topological polar surface area (TPSA) is 48.0 Å². The first-order valence-electron chi connectivity index (χ1n) is 7.98. The molecule has 1 heterocycles. The molecule has 1 amide bonds. The molecular formula is C16H30INO4. The van der Waals surface area contributed by atoms with E-state index in [0.29, 0.717) is 19.7 Å². The molecule has 0 spiro atoms. The molecule has 6 heteroatoms. The van der Waals surface area contributed by atoms with Gasteiger partial charge >= 0.3 is 6.09 Å². The van der Waals surface area contributed by atoms with Crippen LogP contribution in [0.15, 0.2) is 0 Å². The lowest BCUT2D eigenvalue weighted by Gasteiger charge is -2.35. The lowest BCUT2D eigenvalue weighted by Crippen LogP contribution is -2.48. The first-order valence-corrected chi connectivity index (χ1v) is 9.51. The zero-order valence-electron chi connectivity index (χ0n) is 14.5. The van der Waals surface area contributed by atoms with Crippen molar-refractivity contribution < 1.29 is 19.0 Å². The second-order valence-corrected chi connectivity index (χ2v) is 7.79.